The number of carbonyl (C=O) groups is 1. The fourth-order valence-corrected chi connectivity index (χ4v) is 4.70. The minimum atomic E-state index is -0.276. The van der Waals surface area contributed by atoms with Crippen LogP contribution in [0.25, 0.3) is 0 Å². The van der Waals surface area contributed by atoms with Crippen molar-refractivity contribution >= 4 is 18.0 Å². The molecule has 4 heteroatoms. The molecule has 172 valence electrons. The van der Waals surface area contributed by atoms with Gasteiger partial charge in [0.2, 0.25) is 0 Å². The van der Waals surface area contributed by atoms with Crippen LogP contribution in [0.2, 0.25) is 0 Å². The third-order valence-corrected chi connectivity index (χ3v) is 6.34. The van der Waals surface area contributed by atoms with Gasteiger partial charge in [0.15, 0.2) is 0 Å². The lowest BCUT2D eigenvalue weighted by Crippen LogP contribution is -2.16. The summed E-state index contributed by atoms with van der Waals surface area (Å²) in [6.07, 6.45) is 15.6. The Balaban J connectivity index is 2.53. The smallest absolute Gasteiger partial charge is 0.314 e. The highest BCUT2D eigenvalue weighted by Crippen LogP contribution is 2.37. The van der Waals surface area contributed by atoms with Crippen LogP contribution in [0.1, 0.15) is 122 Å². The number of rotatable bonds is 15. The first-order valence-electron chi connectivity index (χ1n) is 11.9. The second-order valence-electron chi connectivity index (χ2n) is 9.47. The van der Waals surface area contributed by atoms with Crippen LogP contribution in [0.3, 0.4) is 0 Å². The molecule has 0 amide bonds. The first-order valence-corrected chi connectivity index (χ1v) is 12.8. The van der Waals surface area contributed by atoms with Gasteiger partial charge in [-0.1, -0.05) is 98.0 Å². The van der Waals surface area contributed by atoms with Crippen LogP contribution in [0.4, 0.5) is 0 Å². The first kappa shape index (κ1) is 26.9. The molecule has 0 atom stereocenters. The minimum absolute atomic E-state index is 0.126. The van der Waals surface area contributed by atoms with Crippen LogP contribution < -0.4 is 0 Å². The molecule has 0 heterocycles. The van der Waals surface area contributed by atoms with E-state index in [-0.39, 0.29) is 11.4 Å². The average Bonchev–Trinajstić information content (AvgIpc) is 2.66. The summed E-state index contributed by atoms with van der Waals surface area (Å²) in [5, 5.41) is 10.6. The number of aromatic hydroxyl groups is 1. The highest BCUT2D eigenvalue weighted by atomic mass is 32.2. The van der Waals surface area contributed by atoms with Gasteiger partial charge in [0.05, 0.1) is 17.8 Å². The van der Waals surface area contributed by atoms with Crippen LogP contribution in [0.15, 0.2) is 12.1 Å². The molecular formula is C26H44O3S. The zero-order chi connectivity index (χ0) is 22.4. The third-order valence-electron chi connectivity index (χ3n) is 5.56. The largest absolute Gasteiger partial charge is 0.508 e. The van der Waals surface area contributed by atoms with Gasteiger partial charge in [-0.05, 0) is 35.4 Å². The summed E-state index contributed by atoms with van der Waals surface area (Å²) in [7, 11) is 0. The van der Waals surface area contributed by atoms with Crippen LogP contribution in [0, 0.1) is 0 Å². The third kappa shape index (κ3) is 10.7. The molecule has 0 aliphatic heterocycles. The fraction of sp³-hybridized carbons (Fsp3) is 0.731. The van der Waals surface area contributed by atoms with E-state index >= 15 is 0 Å². The van der Waals surface area contributed by atoms with Gasteiger partial charge in [-0.3, -0.25) is 4.79 Å². The van der Waals surface area contributed by atoms with E-state index in [0.717, 1.165) is 24.0 Å². The first-order chi connectivity index (χ1) is 14.3. The molecule has 3 nitrogen and oxygen atoms in total. The van der Waals surface area contributed by atoms with Crippen molar-refractivity contribution in [2.24, 2.45) is 0 Å². The van der Waals surface area contributed by atoms with E-state index in [0.29, 0.717) is 11.5 Å². The van der Waals surface area contributed by atoms with Gasteiger partial charge >= 0.3 is 5.97 Å². The SMILES string of the molecule is CCCCCCCCCCCCCc1c(CSOC(C)=O)ccc(O)c1C(C)(C)C. The van der Waals surface area contributed by atoms with Crippen molar-refractivity contribution in [3.05, 3.63) is 28.8 Å². The van der Waals surface area contributed by atoms with E-state index in [2.05, 4.69) is 27.7 Å². The number of benzene rings is 1. The van der Waals surface area contributed by atoms with Crippen molar-refractivity contribution in [1.29, 1.82) is 0 Å². The van der Waals surface area contributed by atoms with Crippen molar-refractivity contribution < 1.29 is 14.1 Å². The molecule has 0 aliphatic rings. The quantitative estimate of drug-likeness (QED) is 0.222. The number of carbonyl (C=O) groups excluding carboxylic acids is 1. The molecule has 1 rings (SSSR count). The maximum absolute atomic E-state index is 11.1. The molecule has 0 unspecified atom stereocenters. The Kier molecular flexibility index (Phi) is 13.2. The lowest BCUT2D eigenvalue weighted by Gasteiger charge is -2.26. The number of hydrogen-bond acceptors (Lipinski definition) is 4. The van der Waals surface area contributed by atoms with Crippen molar-refractivity contribution in [2.45, 2.75) is 123 Å². The Bertz CT molecular complexity index is 619. The fourth-order valence-electron chi connectivity index (χ4n) is 4.08. The van der Waals surface area contributed by atoms with Gasteiger partial charge in [-0.25, -0.2) is 0 Å². The molecule has 0 saturated heterocycles. The molecule has 0 spiro atoms. The minimum Gasteiger partial charge on any atom is -0.508 e. The van der Waals surface area contributed by atoms with Crippen LogP contribution >= 0.6 is 12.0 Å². The van der Waals surface area contributed by atoms with Crippen molar-refractivity contribution in [2.75, 3.05) is 0 Å². The average molecular weight is 437 g/mol. The Morgan fingerprint density at radius 3 is 1.97 bits per heavy atom. The second kappa shape index (κ2) is 14.8. The van der Waals surface area contributed by atoms with Gasteiger partial charge in [0.1, 0.15) is 5.75 Å². The maximum Gasteiger partial charge on any atom is 0.314 e. The topological polar surface area (TPSA) is 46.5 Å². The van der Waals surface area contributed by atoms with Crippen molar-refractivity contribution in [3.63, 3.8) is 0 Å². The Morgan fingerprint density at radius 1 is 0.933 bits per heavy atom. The van der Waals surface area contributed by atoms with Crippen LogP contribution in [-0.2, 0) is 26.6 Å². The van der Waals surface area contributed by atoms with Crippen LogP contribution in [0.5, 0.6) is 5.75 Å². The molecule has 0 fully saturated rings. The molecule has 1 aromatic rings. The standard InChI is InChI=1S/C26H44O3S/c1-6-7-8-9-10-11-12-13-14-15-16-17-23-22(20-30-29-21(2)27)18-19-24(28)25(23)26(3,4)5/h18-19,28H,6-17,20H2,1-5H3. The number of hydrogen-bond donors (Lipinski definition) is 1. The van der Waals surface area contributed by atoms with Gasteiger partial charge in [0, 0.05) is 12.5 Å². The Morgan fingerprint density at radius 2 is 1.47 bits per heavy atom. The number of phenols is 1. The Labute approximate surface area is 189 Å². The summed E-state index contributed by atoms with van der Waals surface area (Å²) in [6, 6.07) is 3.77. The lowest BCUT2D eigenvalue weighted by atomic mass is 9.80. The molecule has 0 bridgehead atoms. The summed E-state index contributed by atoms with van der Waals surface area (Å²) in [5.74, 6) is 0.722. The molecule has 0 radical (unpaired) electrons. The highest BCUT2D eigenvalue weighted by Gasteiger charge is 2.24. The molecule has 30 heavy (non-hydrogen) atoms. The van der Waals surface area contributed by atoms with Gasteiger partial charge in [-0.2, -0.15) is 0 Å². The number of unbranched alkanes of at least 4 members (excludes halogenated alkanes) is 10. The van der Waals surface area contributed by atoms with E-state index in [1.54, 1.807) is 6.07 Å². The Hall–Kier alpha value is -1.16. The molecular weight excluding hydrogens is 392 g/mol. The van der Waals surface area contributed by atoms with E-state index in [1.165, 1.54) is 88.7 Å². The van der Waals surface area contributed by atoms with E-state index in [9.17, 15) is 9.90 Å². The zero-order valence-corrected chi connectivity index (χ0v) is 20.8. The van der Waals surface area contributed by atoms with Gasteiger partial charge in [0.25, 0.3) is 0 Å². The van der Waals surface area contributed by atoms with Crippen molar-refractivity contribution in [3.8, 4) is 5.75 Å². The van der Waals surface area contributed by atoms with Gasteiger partial charge < -0.3 is 9.29 Å². The molecule has 1 aromatic carbocycles. The summed E-state index contributed by atoms with van der Waals surface area (Å²) in [4.78, 5) is 11.1. The summed E-state index contributed by atoms with van der Waals surface area (Å²) in [5.41, 5.74) is 3.31. The number of phenolic OH excluding ortho intramolecular Hbond substituents is 1. The van der Waals surface area contributed by atoms with Gasteiger partial charge in [-0.15, -0.1) is 0 Å². The monoisotopic (exact) mass is 436 g/mol. The van der Waals surface area contributed by atoms with Crippen molar-refractivity contribution in [1.82, 2.24) is 0 Å². The second-order valence-corrected chi connectivity index (χ2v) is 10.2. The summed E-state index contributed by atoms with van der Waals surface area (Å²) in [6.45, 7) is 10.1. The zero-order valence-electron chi connectivity index (χ0n) is 20.0. The van der Waals surface area contributed by atoms with E-state index in [4.69, 9.17) is 4.18 Å². The van der Waals surface area contributed by atoms with Crippen LogP contribution in [-0.4, -0.2) is 11.1 Å². The molecule has 0 aromatic heterocycles. The molecule has 0 saturated carbocycles. The normalized spacial score (nSPS) is 11.6. The maximum atomic E-state index is 11.1. The summed E-state index contributed by atoms with van der Waals surface area (Å²) < 4.78 is 5.08. The van der Waals surface area contributed by atoms with E-state index in [1.807, 2.05) is 6.07 Å². The van der Waals surface area contributed by atoms with E-state index < -0.39 is 0 Å². The predicted octanol–water partition coefficient (Wildman–Crippen LogP) is 8.25. The summed E-state index contributed by atoms with van der Waals surface area (Å²) >= 11 is 1.18. The predicted molar refractivity (Wildman–Crippen MR) is 130 cm³/mol. The lowest BCUT2D eigenvalue weighted by molar-refractivity contribution is -0.130. The molecule has 1 N–H and O–H groups in total. The molecule has 0 aliphatic carbocycles. The highest BCUT2D eigenvalue weighted by molar-refractivity contribution is 7.94.